The molecule has 0 saturated carbocycles. The first-order valence-electron chi connectivity index (χ1n) is 9.62. The first kappa shape index (κ1) is 21.5. The maximum absolute atomic E-state index is 12.5. The molecule has 1 heterocycles. The van der Waals surface area contributed by atoms with E-state index in [0.717, 1.165) is 13.1 Å². The molecule has 0 aliphatic carbocycles. The molecule has 0 bridgehead atoms. The highest BCUT2D eigenvalue weighted by atomic mass is 16.2. The van der Waals surface area contributed by atoms with Gasteiger partial charge in [-0.05, 0) is 32.9 Å². The number of carbonyl (C=O) groups excluding carboxylic acids is 2. The Bertz CT molecular complexity index is 676. The zero-order valence-corrected chi connectivity index (χ0v) is 17.3. The van der Waals surface area contributed by atoms with E-state index in [9.17, 15) is 9.59 Å². The van der Waals surface area contributed by atoms with Crippen molar-refractivity contribution >= 4 is 23.5 Å². The van der Waals surface area contributed by atoms with Gasteiger partial charge in [0.15, 0.2) is 5.96 Å². The quantitative estimate of drug-likeness (QED) is 0.502. The number of nitrogens with one attached hydrogen (secondary N) is 3. The van der Waals surface area contributed by atoms with E-state index in [1.165, 1.54) is 5.69 Å². The molecule has 1 saturated heterocycles. The van der Waals surface area contributed by atoms with Gasteiger partial charge in [-0.25, -0.2) is 0 Å². The molecule has 1 aliphatic heterocycles. The van der Waals surface area contributed by atoms with Crippen molar-refractivity contribution in [2.24, 2.45) is 4.99 Å². The molecule has 3 N–H and O–H groups in total. The summed E-state index contributed by atoms with van der Waals surface area (Å²) in [5.41, 5.74) is 0.902. The number of rotatable bonds is 5. The van der Waals surface area contributed by atoms with Crippen molar-refractivity contribution in [1.29, 1.82) is 0 Å². The SMILES string of the molecule is CN=C(NCC(=O)NC(C)(C)C)NCC(=O)N1CCN(c2ccccc2)CC1. The molecule has 1 fully saturated rings. The minimum atomic E-state index is -0.284. The van der Waals surface area contributed by atoms with Crippen molar-refractivity contribution < 1.29 is 9.59 Å². The molecule has 1 aliphatic rings. The minimum absolute atomic E-state index is 0.0230. The number of anilines is 1. The lowest BCUT2D eigenvalue weighted by Gasteiger charge is -2.36. The van der Waals surface area contributed by atoms with Crippen LogP contribution in [-0.2, 0) is 9.59 Å². The van der Waals surface area contributed by atoms with E-state index in [1.54, 1.807) is 7.05 Å². The number of hydrogen-bond donors (Lipinski definition) is 3. The lowest BCUT2D eigenvalue weighted by molar-refractivity contribution is -0.130. The van der Waals surface area contributed by atoms with Gasteiger partial charge in [-0.1, -0.05) is 18.2 Å². The lowest BCUT2D eigenvalue weighted by Crippen LogP contribution is -2.53. The second-order valence-corrected chi connectivity index (χ2v) is 7.78. The van der Waals surface area contributed by atoms with Gasteiger partial charge < -0.3 is 25.8 Å². The molecule has 8 nitrogen and oxygen atoms in total. The third-order valence-corrected chi connectivity index (χ3v) is 4.32. The van der Waals surface area contributed by atoms with E-state index in [1.807, 2.05) is 43.9 Å². The van der Waals surface area contributed by atoms with Crippen molar-refractivity contribution in [1.82, 2.24) is 20.9 Å². The van der Waals surface area contributed by atoms with Gasteiger partial charge in [-0.3, -0.25) is 14.6 Å². The number of benzene rings is 1. The summed E-state index contributed by atoms with van der Waals surface area (Å²) in [5.74, 6) is 0.328. The van der Waals surface area contributed by atoms with E-state index < -0.39 is 0 Å². The van der Waals surface area contributed by atoms with Gasteiger partial charge >= 0.3 is 0 Å². The Hall–Kier alpha value is -2.77. The summed E-state index contributed by atoms with van der Waals surface area (Å²) >= 11 is 0. The smallest absolute Gasteiger partial charge is 0.242 e. The highest BCUT2D eigenvalue weighted by Gasteiger charge is 2.21. The molecule has 8 heteroatoms. The molecule has 154 valence electrons. The summed E-state index contributed by atoms with van der Waals surface area (Å²) in [5, 5.41) is 8.78. The number of para-hydroxylation sites is 1. The van der Waals surface area contributed by atoms with Gasteiger partial charge in [0.1, 0.15) is 0 Å². The average Bonchev–Trinajstić information content (AvgIpc) is 2.67. The van der Waals surface area contributed by atoms with Crippen LogP contribution in [0.1, 0.15) is 20.8 Å². The van der Waals surface area contributed by atoms with E-state index in [2.05, 4.69) is 38.0 Å². The fourth-order valence-electron chi connectivity index (χ4n) is 2.97. The number of carbonyl (C=O) groups is 2. The molecule has 0 spiro atoms. The molecule has 1 aromatic carbocycles. The zero-order valence-electron chi connectivity index (χ0n) is 17.3. The molecular weight excluding hydrogens is 356 g/mol. The third-order valence-electron chi connectivity index (χ3n) is 4.32. The average molecular weight is 389 g/mol. The zero-order chi connectivity index (χ0) is 20.6. The van der Waals surface area contributed by atoms with Crippen LogP contribution in [0.2, 0.25) is 0 Å². The second kappa shape index (κ2) is 9.96. The van der Waals surface area contributed by atoms with E-state index >= 15 is 0 Å². The number of amides is 2. The molecule has 2 amide bonds. The molecular formula is C20H32N6O2. The number of guanidine groups is 1. The molecule has 0 unspecified atom stereocenters. The van der Waals surface area contributed by atoms with Gasteiger partial charge in [0.05, 0.1) is 13.1 Å². The largest absolute Gasteiger partial charge is 0.368 e. The predicted molar refractivity (Wildman–Crippen MR) is 112 cm³/mol. The third kappa shape index (κ3) is 7.09. The van der Waals surface area contributed by atoms with E-state index in [0.29, 0.717) is 19.0 Å². The maximum Gasteiger partial charge on any atom is 0.242 e. The van der Waals surface area contributed by atoms with Crippen LogP contribution in [0.4, 0.5) is 5.69 Å². The number of hydrogen-bond acceptors (Lipinski definition) is 4. The Morgan fingerprint density at radius 2 is 1.61 bits per heavy atom. The Morgan fingerprint density at radius 1 is 1.00 bits per heavy atom. The Morgan fingerprint density at radius 3 is 2.18 bits per heavy atom. The highest BCUT2D eigenvalue weighted by Crippen LogP contribution is 2.15. The van der Waals surface area contributed by atoms with Crippen molar-refractivity contribution in [3.8, 4) is 0 Å². The van der Waals surface area contributed by atoms with E-state index in [-0.39, 0.29) is 30.4 Å². The van der Waals surface area contributed by atoms with Crippen molar-refractivity contribution in [2.75, 3.05) is 51.2 Å². The Balaban J connectivity index is 1.72. The molecule has 28 heavy (non-hydrogen) atoms. The predicted octanol–water partition coefficient (Wildman–Crippen LogP) is 0.415. The van der Waals surface area contributed by atoms with Gasteiger partial charge in [0, 0.05) is 44.5 Å². The minimum Gasteiger partial charge on any atom is -0.368 e. The first-order chi connectivity index (χ1) is 13.3. The molecule has 1 aromatic rings. The second-order valence-electron chi connectivity index (χ2n) is 7.78. The highest BCUT2D eigenvalue weighted by molar-refractivity contribution is 5.89. The monoisotopic (exact) mass is 388 g/mol. The van der Waals surface area contributed by atoms with E-state index in [4.69, 9.17) is 0 Å². The summed E-state index contributed by atoms with van der Waals surface area (Å²) in [6, 6.07) is 10.2. The van der Waals surface area contributed by atoms with Crippen LogP contribution >= 0.6 is 0 Å². The molecule has 0 aromatic heterocycles. The van der Waals surface area contributed by atoms with Crippen LogP contribution in [0.5, 0.6) is 0 Å². The maximum atomic E-state index is 12.5. The van der Waals surface area contributed by atoms with Crippen LogP contribution in [0.15, 0.2) is 35.3 Å². The summed E-state index contributed by atoms with van der Waals surface area (Å²) in [7, 11) is 1.61. The van der Waals surface area contributed by atoms with Crippen LogP contribution in [0, 0.1) is 0 Å². The Labute approximate surface area is 167 Å². The van der Waals surface area contributed by atoms with Gasteiger partial charge in [-0.15, -0.1) is 0 Å². The molecule has 2 rings (SSSR count). The number of aliphatic imine (C=N–C) groups is 1. The fourth-order valence-corrected chi connectivity index (χ4v) is 2.97. The topological polar surface area (TPSA) is 89.1 Å². The van der Waals surface area contributed by atoms with Gasteiger partial charge in [-0.2, -0.15) is 0 Å². The van der Waals surface area contributed by atoms with Crippen molar-refractivity contribution in [2.45, 2.75) is 26.3 Å². The number of piperazine rings is 1. The van der Waals surface area contributed by atoms with Crippen LogP contribution in [0.3, 0.4) is 0 Å². The fraction of sp³-hybridized carbons (Fsp3) is 0.550. The van der Waals surface area contributed by atoms with Gasteiger partial charge in [0.25, 0.3) is 0 Å². The summed E-state index contributed by atoms with van der Waals surface area (Å²) in [6.45, 7) is 9.03. The standard InChI is InChI=1S/C20H32N6O2/c1-20(2,3)24-17(27)14-22-19(21-4)23-15-18(28)26-12-10-25(11-13-26)16-8-6-5-7-9-16/h5-9H,10-15H2,1-4H3,(H,24,27)(H2,21,22,23). The van der Waals surface area contributed by atoms with Gasteiger partial charge in [0.2, 0.25) is 11.8 Å². The van der Waals surface area contributed by atoms with Crippen LogP contribution < -0.4 is 20.9 Å². The van der Waals surface area contributed by atoms with Crippen molar-refractivity contribution in [3.05, 3.63) is 30.3 Å². The number of nitrogens with zero attached hydrogens (tertiary/aromatic N) is 3. The normalized spacial score (nSPS) is 15.2. The van der Waals surface area contributed by atoms with Crippen LogP contribution in [-0.4, -0.2) is 74.5 Å². The Kier molecular flexibility index (Phi) is 7.66. The van der Waals surface area contributed by atoms with Crippen molar-refractivity contribution in [3.63, 3.8) is 0 Å². The lowest BCUT2D eigenvalue weighted by atomic mass is 10.1. The summed E-state index contributed by atoms with van der Waals surface area (Å²) in [4.78, 5) is 32.5. The summed E-state index contributed by atoms with van der Waals surface area (Å²) < 4.78 is 0. The first-order valence-corrected chi connectivity index (χ1v) is 9.62. The molecule has 0 radical (unpaired) electrons. The molecule has 0 atom stereocenters. The van der Waals surface area contributed by atoms with Crippen LogP contribution in [0.25, 0.3) is 0 Å². The summed E-state index contributed by atoms with van der Waals surface area (Å²) in [6.07, 6.45) is 0.